The molecule has 1 fully saturated rings. The number of aromatic nitrogens is 3. The average molecular weight is 328 g/mol. The van der Waals surface area contributed by atoms with Crippen LogP contribution < -0.4 is 10.6 Å². The fraction of sp³-hybridized carbons (Fsp3) is 0.438. The molecule has 3 aromatic rings. The maximum absolute atomic E-state index is 5.88. The highest BCUT2D eigenvalue weighted by atomic mass is 16.5. The van der Waals surface area contributed by atoms with Gasteiger partial charge >= 0.3 is 0 Å². The predicted octanol–water partition coefficient (Wildman–Crippen LogP) is 1.30. The van der Waals surface area contributed by atoms with E-state index in [2.05, 4.69) is 31.8 Å². The minimum absolute atomic E-state index is 0.276. The van der Waals surface area contributed by atoms with Crippen molar-refractivity contribution in [3.63, 3.8) is 0 Å². The lowest BCUT2D eigenvalue weighted by Crippen LogP contribution is -2.46. The van der Waals surface area contributed by atoms with Crippen molar-refractivity contribution in [1.82, 2.24) is 20.0 Å². The molecule has 0 unspecified atom stereocenters. The second-order valence-corrected chi connectivity index (χ2v) is 6.04. The number of aryl methyl sites for hydroxylation is 1. The summed E-state index contributed by atoms with van der Waals surface area (Å²) in [5.41, 5.74) is 8.41. The van der Waals surface area contributed by atoms with Gasteiger partial charge in [-0.3, -0.25) is 4.90 Å². The first-order valence-corrected chi connectivity index (χ1v) is 8.07. The Bertz CT molecular complexity index is 834. The van der Waals surface area contributed by atoms with E-state index in [0.29, 0.717) is 24.3 Å². The van der Waals surface area contributed by atoms with Crippen LogP contribution in [-0.2, 0) is 13.1 Å². The third-order valence-corrected chi connectivity index (χ3v) is 4.22. The summed E-state index contributed by atoms with van der Waals surface area (Å²) < 4.78 is 10.9. The summed E-state index contributed by atoms with van der Waals surface area (Å²) in [5.74, 6) is 1.16. The molecule has 8 nitrogen and oxygen atoms in total. The molecule has 0 bridgehead atoms. The molecule has 4 rings (SSSR count). The second kappa shape index (κ2) is 6.21. The highest BCUT2D eigenvalue weighted by Gasteiger charge is 2.22. The van der Waals surface area contributed by atoms with Crippen LogP contribution in [0.15, 0.2) is 27.1 Å². The van der Waals surface area contributed by atoms with E-state index in [4.69, 9.17) is 14.7 Å². The van der Waals surface area contributed by atoms with Crippen LogP contribution in [0.2, 0.25) is 0 Å². The number of nitrogens with two attached hydrogens (primary N) is 1. The van der Waals surface area contributed by atoms with E-state index >= 15 is 0 Å². The van der Waals surface area contributed by atoms with Crippen LogP contribution in [0.25, 0.3) is 11.1 Å². The van der Waals surface area contributed by atoms with Crippen molar-refractivity contribution < 1.29 is 8.94 Å². The summed E-state index contributed by atoms with van der Waals surface area (Å²) in [6.45, 7) is 6.50. The molecule has 24 heavy (non-hydrogen) atoms. The summed E-state index contributed by atoms with van der Waals surface area (Å²) in [6, 6.07) is 6.75. The Morgan fingerprint density at radius 3 is 2.75 bits per heavy atom. The Hall–Kier alpha value is -2.45. The molecule has 0 saturated carbocycles. The molecule has 126 valence electrons. The second-order valence-electron chi connectivity index (χ2n) is 6.04. The molecule has 0 aliphatic carbocycles. The van der Waals surface area contributed by atoms with E-state index in [9.17, 15) is 0 Å². The fourth-order valence-electron chi connectivity index (χ4n) is 2.90. The van der Waals surface area contributed by atoms with E-state index in [1.807, 2.05) is 18.2 Å². The van der Waals surface area contributed by atoms with Gasteiger partial charge in [0.1, 0.15) is 5.52 Å². The van der Waals surface area contributed by atoms with Crippen LogP contribution in [0, 0.1) is 6.92 Å². The van der Waals surface area contributed by atoms with Crippen molar-refractivity contribution in [1.29, 1.82) is 0 Å². The maximum atomic E-state index is 5.88. The molecule has 0 amide bonds. The van der Waals surface area contributed by atoms with Gasteiger partial charge in [0.2, 0.25) is 5.89 Å². The number of rotatable bonds is 4. The number of nitrogens with zero attached hydrogens (tertiary/aromatic N) is 5. The van der Waals surface area contributed by atoms with Gasteiger partial charge in [-0.1, -0.05) is 11.2 Å². The van der Waals surface area contributed by atoms with E-state index < -0.39 is 0 Å². The smallest absolute Gasteiger partial charge is 0.298 e. The molecule has 0 atom stereocenters. The number of hydrogen-bond donors (Lipinski definition) is 1. The first-order valence-electron chi connectivity index (χ1n) is 8.07. The number of oxazole rings is 1. The van der Waals surface area contributed by atoms with Crippen LogP contribution in [0.5, 0.6) is 0 Å². The fourth-order valence-corrected chi connectivity index (χ4v) is 2.90. The van der Waals surface area contributed by atoms with Crippen molar-refractivity contribution in [3.05, 3.63) is 35.5 Å². The van der Waals surface area contributed by atoms with E-state index in [-0.39, 0.29) is 6.54 Å². The Balaban J connectivity index is 1.39. The standard InChI is InChI=1S/C16H20N6O2/c1-11-2-3-13-12(8-11)18-16(23-13)22-6-4-21(5-7-22)10-14-19-15(9-17)24-20-14/h2-3,8H,4-7,9-10,17H2,1H3. The molecule has 1 aromatic carbocycles. The molecule has 1 aliphatic rings. The lowest BCUT2D eigenvalue weighted by Gasteiger charge is -2.32. The zero-order chi connectivity index (χ0) is 16.5. The third-order valence-electron chi connectivity index (χ3n) is 4.22. The first-order chi connectivity index (χ1) is 11.7. The molecular formula is C16H20N6O2. The molecule has 1 aliphatic heterocycles. The Morgan fingerprint density at radius 1 is 1.17 bits per heavy atom. The van der Waals surface area contributed by atoms with E-state index in [1.54, 1.807) is 0 Å². The quantitative estimate of drug-likeness (QED) is 0.765. The van der Waals surface area contributed by atoms with Crippen molar-refractivity contribution in [2.45, 2.75) is 20.0 Å². The maximum Gasteiger partial charge on any atom is 0.298 e. The largest absolute Gasteiger partial charge is 0.423 e. The summed E-state index contributed by atoms with van der Waals surface area (Å²) in [6.07, 6.45) is 0. The number of anilines is 1. The lowest BCUT2D eigenvalue weighted by atomic mass is 10.2. The molecule has 1 saturated heterocycles. The third kappa shape index (κ3) is 2.98. The SMILES string of the molecule is Cc1ccc2oc(N3CCN(Cc4noc(CN)n4)CC3)nc2c1. The van der Waals surface area contributed by atoms with Gasteiger partial charge in [0.25, 0.3) is 6.01 Å². The van der Waals surface area contributed by atoms with Crippen LogP contribution in [0.3, 0.4) is 0 Å². The minimum Gasteiger partial charge on any atom is -0.423 e. The zero-order valence-electron chi connectivity index (χ0n) is 13.6. The summed E-state index contributed by atoms with van der Waals surface area (Å²) in [7, 11) is 0. The highest BCUT2D eigenvalue weighted by molar-refractivity contribution is 5.75. The highest BCUT2D eigenvalue weighted by Crippen LogP contribution is 2.23. The molecule has 2 N–H and O–H groups in total. The van der Waals surface area contributed by atoms with Crippen LogP contribution in [-0.4, -0.2) is 46.2 Å². The van der Waals surface area contributed by atoms with Crippen LogP contribution in [0.4, 0.5) is 6.01 Å². The van der Waals surface area contributed by atoms with Gasteiger partial charge in [-0.15, -0.1) is 0 Å². The van der Waals surface area contributed by atoms with Crippen molar-refractivity contribution >= 4 is 17.1 Å². The number of fused-ring (bicyclic) bond motifs is 1. The number of benzene rings is 1. The summed E-state index contributed by atoms with van der Waals surface area (Å²) in [5, 5.41) is 3.94. The normalized spacial score (nSPS) is 16.2. The van der Waals surface area contributed by atoms with Crippen molar-refractivity contribution in [2.75, 3.05) is 31.1 Å². The van der Waals surface area contributed by atoms with Gasteiger partial charge in [0.05, 0.1) is 13.1 Å². The minimum atomic E-state index is 0.276. The summed E-state index contributed by atoms with van der Waals surface area (Å²) >= 11 is 0. The van der Waals surface area contributed by atoms with E-state index in [0.717, 1.165) is 37.3 Å². The summed E-state index contributed by atoms with van der Waals surface area (Å²) in [4.78, 5) is 13.3. The lowest BCUT2D eigenvalue weighted by molar-refractivity contribution is 0.236. The first kappa shape index (κ1) is 15.1. The van der Waals surface area contributed by atoms with Gasteiger partial charge in [0.15, 0.2) is 11.4 Å². The number of piperazine rings is 1. The average Bonchev–Trinajstić information content (AvgIpc) is 3.21. The van der Waals surface area contributed by atoms with Gasteiger partial charge < -0.3 is 19.6 Å². The Morgan fingerprint density at radius 2 is 2.00 bits per heavy atom. The molecule has 0 radical (unpaired) electrons. The van der Waals surface area contributed by atoms with Gasteiger partial charge in [-0.25, -0.2) is 0 Å². The Kier molecular flexibility index (Phi) is 3.91. The van der Waals surface area contributed by atoms with Gasteiger partial charge in [0, 0.05) is 26.2 Å². The van der Waals surface area contributed by atoms with Crippen LogP contribution in [0.1, 0.15) is 17.3 Å². The van der Waals surface area contributed by atoms with Gasteiger partial charge in [-0.05, 0) is 24.6 Å². The van der Waals surface area contributed by atoms with Gasteiger partial charge in [-0.2, -0.15) is 9.97 Å². The van der Waals surface area contributed by atoms with Crippen molar-refractivity contribution in [2.24, 2.45) is 5.73 Å². The Labute approximate surface area is 139 Å². The van der Waals surface area contributed by atoms with Crippen LogP contribution >= 0.6 is 0 Å². The van der Waals surface area contributed by atoms with Crippen molar-refractivity contribution in [3.8, 4) is 0 Å². The number of hydrogen-bond acceptors (Lipinski definition) is 8. The topological polar surface area (TPSA) is 97.5 Å². The molecule has 8 heteroatoms. The molecule has 0 spiro atoms. The van der Waals surface area contributed by atoms with E-state index in [1.165, 1.54) is 5.56 Å². The monoisotopic (exact) mass is 328 g/mol. The molecule has 3 heterocycles. The molecule has 2 aromatic heterocycles. The zero-order valence-corrected chi connectivity index (χ0v) is 13.6. The predicted molar refractivity (Wildman–Crippen MR) is 88.4 cm³/mol. The molecular weight excluding hydrogens is 308 g/mol.